The summed E-state index contributed by atoms with van der Waals surface area (Å²) in [5, 5.41) is 10.6. The second-order valence-electron chi connectivity index (χ2n) is 9.19. The van der Waals surface area contributed by atoms with Crippen LogP contribution in [-0.4, -0.2) is 59.2 Å². The molecule has 4 rings (SSSR count). The maximum Gasteiger partial charge on any atom is 0.490 e. The van der Waals surface area contributed by atoms with Gasteiger partial charge in [0, 0.05) is 44.3 Å². The van der Waals surface area contributed by atoms with Crippen molar-refractivity contribution < 1.29 is 31.5 Å². The van der Waals surface area contributed by atoms with E-state index < -0.39 is 22.2 Å². The number of aromatic nitrogens is 2. The Morgan fingerprint density at radius 1 is 1.17 bits per heavy atom. The number of anilines is 1. The molecule has 8 nitrogen and oxygen atoms in total. The molecule has 2 heterocycles. The first-order chi connectivity index (χ1) is 16.1. The minimum absolute atomic E-state index is 0.00416. The molecule has 0 bridgehead atoms. The molecule has 2 atom stereocenters. The molecule has 35 heavy (non-hydrogen) atoms. The van der Waals surface area contributed by atoms with Crippen molar-refractivity contribution in [2.45, 2.75) is 44.3 Å². The first-order valence-corrected chi connectivity index (χ1v) is 12.8. The van der Waals surface area contributed by atoms with Crippen molar-refractivity contribution in [2.24, 2.45) is 10.8 Å². The lowest BCUT2D eigenvalue weighted by Gasteiger charge is -2.50. The standard InChI is InChI=1S/C19H24Cl2N4O2S.C2HF3O2/c1-18-3-4-19(18,2)12-25(11-18)28(26,27)17-15(20)9-14(10-16(17)21)23-6-8-24-7-5-22-13-24;3-2(4,5)1(6)7/h5,7,9-10,13,23H,3-4,6,8,11-12H2,1-2H3;(H,6,7)/t18-,19+;. The predicted octanol–water partition coefficient (Wildman–Crippen LogP) is 4.75. The van der Waals surface area contributed by atoms with Gasteiger partial charge in [0.15, 0.2) is 0 Å². The highest BCUT2D eigenvalue weighted by atomic mass is 35.5. The number of halogens is 5. The molecule has 1 saturated heterocycles. The third-order valence-corrected chi connectivity index (χ3v) is 9.55. The lowest BCUT2D eigenvalue weighted by Crippen LogP contribution is -2.45. The minimum atomic E-state index is -5.08. The number of imidazole rings is 1. The SMILES string of the molecule is C[C@@]12CC[C@]1(C)CN(S(=O)(=O)c1c(Cl)cc(NCCn3ccnc3)cc1Cl)C2.O=C(O)C(F)(F)F. The van der Waals surface area contributed by atoms with Gasteiger partial charge in [-0.3, -0.25) is 0 Å². The van der Waals surface area contributed by atoms with Crippen molar-refractivity contribution in [2.75, 3.05) is 25.0 Å². The van der Waals surface area contributed by atoms with E-state index >= 15 is 0 Å². The molecule has 0 spiro atoms. The quantitative estimate of drug-likeness (QED) is 0.532. The van der Waals surface area contributed by atoms with Crippen LogP contribution in [0.2, 0.25) is 10.0 Å². The van der Waals surface area contributed by atoms with Crippen molar-refractivity contribution in [3.63, 3.8) is 0 Å². The summed E-state index contributed by atoms with van der Waals surface area (Å²) in [4.78, 5) is 12.9. The first-order valence-electron chi connectivity index (χ1n) is 10.6. The average molecular weight is 557 g/mol. The van der Waals surface area contributed by atoms with Gasteiger partial charge >= 0.3 is 12.1 Å². The summed E-state index contributed by atoms with van der Waals surface area (Å²) in [6.07, 6.45) is 2.36. The lowest BCUT2D eigenvalue weighted by molar-refractivity contribution is -0.192. The lowest BCUT2D eigenvalue weighted by atomic mass is 9.53. The molecule has 2 aliphatic rings. The summed E-state index contributed by atoms with van der Waals surface area (Å²) in [6.45, 7) is 6.73. The van der Waals surface area contributed by atoms with Crippen LogP contribution in [0.3, 0.4) is 0 Å². The second-order valence-corrected chi connectivity index (χ2v) is 11.9. The number of nitrogens with one attached hydrogen (secondary N) is 1. The van der Waals surface area contributed by atoms with Gasteiger partial charge < -0.3 is 15.0 Å². The van der Waals surface area contributed by atoms with E-state index in [0.29, 0.717) is 25.3 Å². The van der Waals surface area contributed by atoms with Crippen molar-refractivity contribution in [1.82, 2.24) is 13.9 Å². The number of sulfonamides is 1. The highest BCUT2D eigenvalue weighted by molar-refractivity contribution is 7.89. The van der Waals surface area contributed by atoms with Gasteiger partial charge in [0.05, 0.1) is 16.4 Å². The second kappa shape index (κ2) is 9.79. The molecular weight excluding hydrogens is 532 g/mol. The van der Waals surface area contributed by atoms with Crippen LogP contribution in [0, 0.1) is 10.8 Å². The minimum Gasteiger partial charge on any atom is -0.475 e. The van der Waals surface area contributed by atoms with E-state index in [0.717, 1.165) is 19.4 Å². The summed E-state index contributed by atoms with van der Waals surface area (Å²) in [7, 11) is -3.75. The van der Waals surface area contributed by atoms with Gasteiger partial charge in [0.1, 0.15) is 4.90 Å². The van der Waals surface area contributed by atoms with Crippen molar-refractivity contribution in [3.05, 3.63) is 40.9 Å². The van der Waals surface area contributed by atoms with Gasteiger partial charge in [-0.1, -0.05) is 37.0 Å². The van der Waals surface area contributed by atoms with E-state index in [1.54, 1.807) is 29.0 Å². The van der Waals surface area contributed by atoms with Gasteiger partial charge in [-0.25, -0.2) is 18.2 Å². The number of rotatable bonds is 6. The number of hydrogen-bond acceptors (Lipinski definition) is 5. The molecule has 1 aromatic carbocycles. The average Bonchev–Trinajstić information content (AvgIpc) is 3.30. The van der Waals surface area contributed by atoms with Crippen LogP contribution in [0.4, 0.5) is 18.9 Å². The fourth-order valence-corrected chi connectivity index (χ4v) is 7.16. The molecule has 0 radical (unpaired) electrons. The summed E-state index contributed by atoms with van der Waals surface area (Å²) < 4.78 is 61.8. The van der Waals surface area contributed by atoms with Crippen LogP contribution in [0.15, 0.2) is 35.7 Å². The Balaban J connectivity index is 0.000000429. The van der Waals surface area contributed by atoms with Crippen LogP contribution in [0.5, 0.6) is 0 Å². The van der Waals surface area contributed by atoms with Gasteiger partial charge in [-0.15, -0.1) is 0 Å². The number of carboxylic acid groups (broad SMARTS) is 1. The van der Waals surface area contributed by atoms with Gasteiger partial charge in [-0.2, -0.15) is 17.5 Å². The molecule has 0 unspecified atom stereocenters. The highest BCUT2D eigenvalue weighted by Crippen LogP contribution is 2.61. The summed E-state index contributed by atoms with van der Waals surface area (Å²) in [5.74, 6) is -2.76. The molecule has 2 N–H and O–H groups in total. The Kier molecular flexibility index (Phi) is 7.71. The van der Waals surface area contributed by atoms with Gasteiger partial charge in [0.25, 0.3) is 0 Å². The number of carboxylic acids is 1. The molecule has 1 aliphatic carbocycles. The van der Waals surface area contributed by atoms with Crippen molar-refractivity contribution >= 4 is 44.9 Å². The van der Waals surface area contributed by atoms with E-state index in [9.17, 15) is 21.6 Å². The zero-order valence-corrected chi connectivity index (χ0v) is 21.3. The van der Waals surface area contributed by atoms with Gasteiger partial charge in [-0.05, 0) is 35.8 Å². The molecule has 2 fully saturated rings. The summed E-state index contributed by atoms with van der Waals surface area (Å²) in [5.41, 5.74) is 0.760. The van der Waals surface area contributed by atoms with E-state index in [1.165, 1.54) is 0 Å². The first kappa shape index (κ1) is 27.6. The largest absolute Gasteiger partial charge is 0.490 e. The third-order valence-electron chi connectivity index (χ3n) is 6.83. The molecule has 194 valence electrons. The van der Waals surface area contributed by atoms with E-state index in [2.05, 4.69) is 24.1 Å². The maximum atomic E-state index is 13.3. The van der Waals surface area contributed by atoms with Crippen molar-refractivity contribution in [3.8, 4) is 0 Å². The van der Waals surface area contributed by atoms with Crippen LogP contribution >= 0.6 is 23.2 Å². The molecule has 14 heteroatoms. The van der Waals surface area contributed by atoms with Crippen molar-refractivity contribution in [1.29, 1.82) is 0 Å². The Hall–Kier alpha value is -2.02. The fraction of sp³-hybridized carbons (Fsp3) is 0.524. The zero-order chi connectivity index (χ0) is 26.2. The molecule has 0 amide bonds. The predicted molar refractivity (Wildman–Crippen MR) is 125 cm³/mol. The third kappa shape index (κ3) is 5.71. The number of fused-ring (bicyclic) bond motifs is 1. The van der Waals surface area contributed by atoms with E-state index in [-0.39, 0.29) is 25.8 Å². The normalized spacial score (nSPS) is 24.2. The van der Waals surface area contributed by atoms with Crippen LogP contribution in [-0.2, 0) is 21.4 Å². The van der Waals surface area contributed by atoms with E-state index in [4.69, 9.17) is 33.1 Å². The monoisotopic (exact) mass is 556 g/mol. The highest BCUT2D eigenvalue weighted by Gasteiger charge is 2.60. The molecule has 2 aromatic rings. The van der Waals surface area contributed by atoms with Crippen LogP contribution in [0.1, 0.15) is 26.7 Å². The Bertz CT molecular complexity index is 1150. The number of aliphatic carboxylic acids is 1. The molecule has 1 saturated carbocycles. The number of carbonyl (C=O) groups is 1. The zero-order valence-electron chi connectivity index (χ0n) is 18.9. The van der Waals surface area contributed by atoms with Gasteiger partial charge in [0.2, 0.25) is 10.0 Å². The Morgan fingerprint density at radius 3 is 2.09 bits per heavy atom. The molecular formula is C21H25Cl2F3N4O4S. The number of hydrogen-bond donors (Lipinski definition) is 2. The number of alkyl halides is 3. The smallest absolute Gasteiger partial charge is 0.475 e. The maximum absolute atomic E-state index is 13.3. The van der Waals surface area contributed by atoms with Crippen LogP contribution in [0.25, 0.3) is 0 Å². The van der Waals surface area contributed by atoms with Crippen LogP contribution < -0.4 is 5.32 Å². The molecule has 1 aliphatic heterocycles. The Labute approximate surface area is 211 Å². The summed E-state index contributed by atoms with van der Waals surface area (Å²) >= 11 is 12.8. The number of benzene rings is 1. The summed E-state index contributed by atoms with van der Waals surface area (Å²) in [6, 6.07) is 3.25. The number of nitrogens with zero attached hydrogens (tertiary/aromatic N) is 3. The molecule has 1 aromatic heterocycles. The Morgan fingerprint density at radius 2 is 1.69 bits per heavy atom. The van der Waals surface area contributed by atoms with E-state index in [1.807, 2.05) is 10.8 Å². The topological polar surface area (TPSA) is 105 Å². The fourth-order valence-electron chi connectivity index (χ4n) is 4.31.